The third kappa shape index (κ3) is 6.09. The van der Waals surface area contributed by atoms with Crippen LogP contribution >= 0.6 is 23.2 Å². The molecule has 0 heterocycles. The Morgan fingerprint density at radius 2 is 1.59 bits per heavy atom. The van der Waals surface area contributed by atoms with E-state index in [-0.39, 0.29) is 21.9 Å². The number of nitrogens with zero attached hydrogens (tertiary/aromatic N) is 1. The Hall–Kier alpha value is -3.36. The number of hydrazone groups is 1. The second-order valence-electron chi connectivity index (χ2n) is 6.36. The van der Waals surface area contributed by atoms with E-state index in [0.29, 0.717) is 16.7 Å². The molecule has 5 nitrogen and oxygen atoms in total. The molecule has 0 aromatic heterocycles. The van der Waals surface area contributed by atoms with Crippen LogP contribution in [0, 0.1) is 0 Å². The lowest BCUT2D eigenvalue weighted by Gasteiger charge is -2.10. The summed E-state index contributed by atoms with van der Waals surface area (Å²) >= 11 is 11.7. The van der Waals surface area contributed by atoms with Crippen molar-refractivity contribution in [2.75, 3.05) is 0 Å². The van der Waals surface area contributed by atoms with Gasteiger partial charge in [0.15, 0.2) is 0 Å². The molecule has 0 unspecified atom stereocenters. The molecule has 0 aliphatic carbocycles. The van der Waals surface area contributed by atoms with Crippen molar-refractivity contribution in [1.29, 1.82) is 0 Å². The Labute approximate surface area is 190 Å². The molecule has 0 atom stereocenters. The fourth-order valence-corrected chi connectivity index (χ4v) is 2.83. The first kappa shape index (κ1) is 23.3. The molecule has 0 fully saturated rings. The highest BCUT2D eigenvalue weighted by Crippen LogP contribution is 2.30. The number of carbonyl (C=O) groups is 2. The number of amides is 1. The number of nitrogens with one attached hydrogen (secondary N) is 1. The number of alkyl halides is 3. The van der Waals surface area contributed by atoms with E-state index in [2.05, 4.69) is 10.5 Å². The molecule has 3 aromatic rings. The molecule has 32 heavy (non-hydrogen) atoms. The highest BCUT2D eigenvalue weighted by atomic mass is 35.5. The summed E-state index contributed by atoms with van der Waals surface area (Å²) in [5.41, 5.74) is 1.57. The van der Waals surface area contributed by atoms with Crippen LogP contribution in [0.1, 0.15) is 31.8 Å². The average Bonchev–Trinajstić information content (AvgIpc) is 2.75. The molecule has 3 aromatic carbocycles. The molecule has 1 N–H and O–H groups in total. The van der Waals surface area contributed by atoms with Gasteiger partial charge in [0.2, 0.25) is 0 Å². The van der Waals surface area contributed by atoms with Gasteiger partial charge < -0.3 is 4.74 Å². The Morgan fingerprint density at radius 3 is 2.28 bits per heavy atom. The van der Waals surface area contributed by atoms with Gasteiger partial charge in [-0.3, -0.25) is 4.79 Å². The molecular weight excluding hydrogens is 468 g/mol. The average molecular weight is 481 g/mol. The first-order valence-electron chi connectivity index (χ1n) is 8.91. The standard InChI is InChI=1S/C22H13Cl2F3N2O3/c23-17-6-4-13(5-7-17)20(30)29-28-12-15-11-18(24)8-9-19(15)32-21(31)14-2-1-3-16(10-14)22(25,26)27/h1-12H,(H,29,30)/b28-12+. The van der Waals surface area contributed by atoms with Crippen LogP contribution < -0.4 is 10.2 Å². The summed E-state index contributed by atoms with van der Waals surface area (Å²) < 4.78 is 43.9. The molecule has 0 radical (unpaired) electrons. The third-order valence-corrected chi connectivity index (χ3v) is 4.56. The van der Waals surface area contributed by atoms with E-state index in [0.717, 1.165) is 12.1 Å². The SMILES string of the molecule is O=C(N/N=C/c1cc(Cl)ccc1OC(=O)c1cccc(C(F)(F)F)c1)c1ccc(Cl)cc1. The van der Waals surface area contributed by atoms with Crippen LogP contribution in [0.15, 0.2) is 71.8 Å². The van der Waals surface area contributed by atoms with Gasteiger partial charge >= 0.3 is 12.1 Å². The number of hydrogen-bond donors (Lipinski definition) is 1. The van der Waals surface area contributed by atoms with E-state index >= 15 is 0 Å². The van der Waals surface area contributed by atoms with Crippen molar-refractivity contribution in [2.24, 2.45) is 5.10 Å². The molecular formula is C22H13Cl2F3N2O3. The third-order valence-electron chi connectivity index (χ3n) is 4.08. The summed E-state index contributed by atoms with van der Waals surface area (Å²) in [6.45, 7) is 0. The quantitative estimate of drug-likeness (QED) is 0.211. The number of benzene rings is 3. The summed E-state index contributed by atoms with van der Waals surface area (Å²) in [7, 11) is 0. The van der Waals surface area contributed by atoms with Crippen molar-refractivity contribution in [3.05, 3.63) is 99.0 Å². The fourth-order valence-electron chi connectivity index (χ4n) is 2.52. The predicted molar refractivity (Wildman–Crippen MR) is 114 cm³/mol. The lowest BCUT2D eigenvalue weighted by molar-refractivity contribution is -0.137. The Morgan fingerprint density at radius 1 is 0.906 bits per heavy atom. The van der Waals surface area contributed by atoms with Gasteiger partial charge in [-0.1, -0.05) is 29.3 Å². The number of halogens is 5. The van der Waals surface area contributed by atoms with E-state index in [1.807, 2.05) is 0 Å². The Balaban J connectivity index is 1.76. The predicted octanol–water partition coefficient (Wildman–Crippen LogP) is 6.00. The first-order valence-corrected chi connectivity index (χ1v) is 9.67. The van der Waals surface area contributed by atoms with Crippen molar-refractivity contribution in [3.8, 4) is 5.75 Å². The molecule has 0 spiro atoms. The summed E-state index contributed by atoms with van der Waals surface area (Å²) in [4.78, 5) is 24.5. The van der Waals surface area contributed by atoms with Crippen molar-refractivity contribution < 1.29 is 27.5 Å². The van der Waals surface area contributed by atoms with E-state index in [4.69, 9.17) is 27.9 Å². The summed E-state index contributed by atoms with van der Waals surface area (Å²) in [5, 5.41) is 4.57. The van der Waals surface area contributed by atoms with Gasteiger partial charge in [0.05, 0.1) is 17.3 Å². The number of rotatable bonds is 5. The van der Waals surface area contributed by atoms with Crippen molar-refractivity contribution in [3.63, 3.8) is 0 Å². The van der Waals surface area contributed by atoms with Crippen LogP contribution in [0.5, 0.6) is 5.75 Å². The van der Waals surface area contributed by atoms with Crippen molar-refractivity contribution in [1.82, 2.24) is 5.43 Å². The maximum absolute atomic E-state index is 12.9. The second-order valence-corrected chi connectivity index (χ2v) is 7.23. The van der Waals surface area contributed by atoms with Gasteiger partial charge in [0.25, 0.3) is 5.91 Å². The summed E-state index contributed by atoms with van der Waals surface area (Å²) in [5.74, 6) is -1.53. The van der Waals surface area contributed by atoms with Gasteiger partial charge in [0, 0.05) is 21.2 Å². The minimum atomic E-state index is -4.60. The number of esters is 1. The highest BCUT2D eigenvalue weighted by molar-refractivity contribution is 6.31. The van der Waals surface area contributed by atoms with E-state index < -0.39 is 23.6 Å². The Kier molecular flexibility index (Phi) is 7.17. The summed E-state index contributed by atoms with van der Waals surface area (Å²) in [6, 6.07) is 14.2. The normalized spacial score (nSPS) is 11.4. The molecule has 1 amide bonds. The lowest BCUT2D eigenvalue weighted by atomic mass is 10.1. The highest BCUT2D eigenvalue weighted by Gasteiger charge is 2.31. The number of carbonyl (C=O) groups excluding carboxylic acids is 2. The maximum Gasteiger partial charge on any atom is 0.416 e. The van der Waals surface area contributed by atoms with Crippen LogP contribution in [0.25, 0.3) is 0 Å². The largest absolute Gasteiger partial charge is 0.422 e. The van der Waals surface area contributed by atoms with Crippen LogP contribution in [0.3, 0.4) is 0 Å². The van der Waals surface area contributed by atoms with Gasteiger partial charge in [-0.05, 0) is 60.7 Å². The smallest absolute Gasteiger partial charge is 0.416 e. The van der Waals surface area contributed by atoms with Crippen molar-refractivity contribution >= 4 is 41.3 Å². The van der Waals surface area contributed by atoms with Gasteiger partial charge in [-0.25, -0.2) is 10.2 Å². The maximum atomic E-state index is 12.9. The minimum Gasteiger partial charge on any atom is -0.422 e. The number of ether oxygens (including phenoxy) is 1. The molecule has 0 saturated carbocycles. The monoisotopic (exact) mass is 480 g/mol. The molecule has 0 bridgehead atoms. The summed E-state index contributed by atoms with van der Waals surface area (Å²) in [6.07, 6.45) is -3.41. The molecule has 0 aliphatic rings. The topological polar surface area (TPSA) is 67.8 Å². The number of hydrogen-bond acceptors (Lipinski definition) is 4. The molecule has 10 heteroatoms. The lowest BCUT2D eigenvalue weighted by Crippen LogP contribution is -2.17. The van der Waals surface area contributed by atoms with Crippen LogP contribution in [-0.2, 0) is 6.18 Å². The van der Waals surface area contributed by atoms with Crippen LogP contribution in [0.2, 0.25) is 10.0 Å². The molecule has 0 aliphatic heterocycles. The van der Waals surface area contributed by atoms with E-state index in [1.165, 1.54) is 42.6 Å². The van der Waals surface area contributed by atoms with Crippen LogP contribution in [0.4, 0.5) is 13.2 Å². The minimum absolute atomic E-state index is 0.0127. The van der Waals surface area contributed by atoms with E-state index in [9.17, 15) is 22.8 Å². The van der Waals surface area contributed by atoms with E-state index in [1.54, 1.807) is 12.1 Å². The molecule has 0 saturated heterocycles. The zero-order valence-electron chi connectivity index (χ0n) is 16.0. The van der Waals surface area contributed by atoms with Gasteiger partial charge in [-0.15, -0.1) is 0 Å². The first-order chi connectivity index (χ1) is 15.1. The van der Waals surface area contributed by atoms with Gasteiger partial charge in [-0.2, -0.15) is 18.3 Å². The zero-order chi connectivity index (χ0) is 23.3. The Bertz CT molecular complexity index is 1180. The van der Waals surface area contributed by atoms with Crippen molar-refractivity contribution in [2.45, 2.75) is 6.18 Å². The molecule has 3 rings (SSSR count). The second kappa shape index (κ2) is 9.84. The van der Waals surface area contributed by atoms with Gasteiger partial charge in [0.1, 0.15) is 5.75 Å². The zero-order valence-corrected chi connectivity index (χ0v) is 17.5. The molecule has 164 valence electrons. The fraction of sp³-hybridized carbons (Fsp3) is 0.0455. The van der Waals surface area contributed by atoms with Crippen LogP contribution in [-0.4, -0.2) is 18.1 Å².